The quantitative estimate of drug-likeness (QED) is 0.0521. The first kappa shape index (κ1) is 37.9. The number of hydrogen-bond donors (Lipinski definition) is 1. The average molecular weight is 785 g/mol. The summed E-state index contributed by atoms with van der Waals surface area (Å²) < 4.78 is 2.21. The molecule has 0 fully saturated rings. The van der Waals surface area contributed by atoms with E-state index in [1.54, 1.807) is 11.3 Å². The van der Waals surface area contributed by atoms with Gasteiger partial charge in [-0.1, -0.05) is 127 Å². The number of amidine groups is 2. The molecule has 6 nitrogen and oxygen atoms in total. The first-order chi connectivity index (χ1) is 28.5. The van der Waals surface area contributed by atoms with Crippen molar-refractivity contribution in [1.82, 2.24) is 15.0 Å². The van der Waals surface area contributed by atoms with Gasteiger partial charge in [-0.3, -0.25) is 4.99 Å². The van der Waals surface area contributed by atoms with Crippen molar-refractivity contribution >= 4 is 68.1 Å². The Morgan fingerprint density at radius 3 is 2.16 bits per heavy atom. The van der Waals surface area contributed by atoms with Gasteiger partial charge in [-0.2, -0.15) is 0 Å². The Balaban J connectivity index is 1.28. The number of allylic oxidation sites excluding steroid dienone is 4. The highest BCUT2D eigenvalue weighted by molar-refractivity contribution is 7.80. The smallest absolute Gasteiger partial charge is 0.164 e. The van der Waals surface area contributed by atoms with Crippen molar-refractivity contribution in [3.8, 4) is 46.5 Å². The molecule has 0 aliphatic rings. The second kappa shape index (κ2) is 17.4. The van der Waals surface area contributed by atoms with Crippen molar-refractivity contribution in [1.29, 1.82) is 0 Å². The van der Waals surface area contributed by atoms with E-state index >= 15 is 0 Å². The van der Waals surface area contributed by atoms with E-state index in [4.69, 9.17) is 44.0 Å². The zero-order chi connectivity index (χ0) is 39.8. The van der Waals surface area contributed by atoms with Crippen LogP contribution in [-0.2, 0) is 6.54 Å². The summed E-state index contributed by atoms with van der Waals surface area (Å²) in [5, 5.41) is 2.06. The fourth-order valence-corrected chi connectivity index (χ4v) is 7.98. The van der Waals surface area contributed by atoms with Crippen LogP contribution in [0.4, 0.5) is 0 Å². The van der Waals surface area contributed by atoms with Crippen LogP contribution in [0.1, 0.15) is 29.2 Å². The third-order valence-corrected chi connectivity index (χ3v) is 11.0. The Kier molecular flexibility index (Phi) is 11.4. The Hall–Kier alpha value is -7.05. The minimum atomic E-state index is 0.474. The molecule has 0 amide bonds. The van der Waals surface area contributed by atoms with E-state index in [9.17, 15) is 0 Å². The van der Waals surface area contributed by atoms with Crippen molar-refractivity contribution in [3.63, 3.8) is 0 Å². The second-order valence-electron chi connectivity index (χ2n) is 13.2. The molecule has 0 bridgehead atoms. The second-order valence-corrected chi connectivity index (χ2v) is 14.8. The molecule has 58 heavy (non-hydrogen) atoms. The van der Waals surface area contributed by atoms with Crippen LogP contribution < -0.4 is 0 Å². The Bertz CT molecular complexity index is 2960. The monoisotopic (exact) mass is 784 g/mol. The first-order valence-electron chi connectivity index (χ1n) is 18.6. The van der Waals surface area contributed by atoms with Crippen molar-refractivity contribution in [2.24, 2.45) is 15.0 Å². The number of thiol groups is 1. The molecule has 0 radical (unpaired) electrons. The SMILES string of the molecule is C#C/C(=C\C=C/C)c1cc(-c2nc(-c3ccccc3)nc(-c3cccc4sc5ccc(/C(N=C)=N/C(=N\Cc6ccccc6)c6ccccc6)cc5c34)n2)ccc1S. The van der Waals surface area contributed by atoms with Gasteiger partial charge in [0.15, 0.2) is 29.1 Å². The van der Waals surface area contributed by atoms with Gasteiger partial charge in [0.2, 0.25) is 0 Å². The molecule has 8 rings (SSSR count). The molecule has 0 saturated carbocycles. The Morgan fingerprint density at radius 1 is 0.724 bits per heavy atom. The molecule has 6 aromatic carbocycles. The van der Waals surface area contributed by atoms with Crippen LogP contribution in [0, 0.1) is 12.3 Å². The molecular weight excluding hydrogens is 749 g/mol. The Labute approximate surface area is 347 Å². The first-order valence-corrected chi connectivity index (χ1v) is 19.9. The van der Waals surface area contributed by atoms with Crippen LogP contribution >= 0.6 is 24.0 Å². The third-order valence-electron chi connectivity index (χ3n) is 9.47. The summed E-state index contributed by atoms with van der Waals surface area (Å²) in [6, 6.07) is 48.4. The van der Waals surface area contributed by atoms with E-state index in [0.717, 1.165) is 64.0 Å². The van der Waals surface area contributed by atoms with Gasteiger partial charge >= 0.3 is 0 Å². The topological polar surface area (TPSA) is 75.8 Å². The van der Waals surface area contributed by atoms with E-state index in [-0.39, 0.29) is 0 Å². The van der Waals surface area contributed by atoms with E-state index < -0.39 is 0 Å². The maximum atomic E-state index is 5.97. The van der Waals surface area contributed by atoms with Crippen molar-refractivity contribution < 1.29 is 0 Å². The molecular formula is C50H36N6S2. The Morgan fingerprint density at radius 2 is 1.43 bits per heavy atom. The molecule has 2 aromatic heterocycles. The summed E-state index contributed by atoms with van der Waals surface area (Å²) in [7, 11) is 0. The highest BCUT2D eigenvalue weighted by Crippen LogP contribution is 2.40. The maximum Gasteiger partial charge on any atom is 0.164 e. The maximum absolute atomic E-state index is 5.97. The molecule has 0 saturated heterocycles. The normalized spacial score (nSPS) is 12.3. The zero-order valence-electron chi connectivity index (χ0n) is 31.6. The van der Waals surface area contributed by atoms with Crippen LogP contribution in [0.15, 0.2) is 184 Å². The van der Waals surface area contributed by atoms with Crippen molar-refractivity contribution in [2.45, 2.75) is 18.4 Å². The van der Waals surface area contributed by atoms with Gasteiger partial charge in [-0.25, -0.2) is 24.9 Å². The lowest BCUT2D eigenvalue weighted by atomic mass is 10.0. The fourth-order valence-electron chi connectivity index (χ4n) is 6.61. The van der Waals surface area contributed by atoms with Crippen LogP contribution in [0.25, 0.3) is 59.9 Å². The molecule has 0 spiro atoms. The largest absolute Gasteiger partial charge is 0.261 e. The summed E-state index contributed by atoms with van der Waals surface area (Å²) in [6.07, 6.45) is 11.7. The van der Waals surface area contributed by atoms with E-state index in [1.165, 1.54) is 0 Å². The number of hydrogen-bond acceptors (Lipinski definition) is 6. The molecule has 8 heteroatoms. The minimum Gasteiger partial charge on any atom is -0.261 e. The minimum absolute atomic E-state index is 0.474. The van der Waals surface area contributed by atoms with E-state index in [2.05, 4.69) is 54.0 Å². The van der Waals surface area contributed by atoms with Crippen LogP contribution in [-0.4, -0.2) is 33.3 Å². The molecule has 0 aliphatic heterocycles. The molecule has 0 N–H and O–H groups in total. The summed E-state index contributed by atoms with van der Waals surface area (Å²) in [5.74, 6) is 5.49. The lowest BCUT2D eigenvalue weighted by Gasteiger charge is -2.11. The molecule has 8 aromatic rings. The zero-order valence-corrected chi connectivity index (χ0v) is 33.3. The number of aromatic nitrogens is 3. The van der Waals surface area contributed by atoms with Crippen molar-refractivity contribution in [3.05, 3.63) is 186 Å². The lowest BCUT2D eigenvalue weighted by Crippen LogP contribution is -2.05. The van der Waals surface area contributed by atoms with Crippen LogP contribution in [0.2, 0.25) is 0 Å². The average Bonchev–Trinajstić information content (AvgIpc) is 3.66. The van der Waals surface area contributed by atoms with Crippen LogP contribution in [0.5, 0.6) is 0 Å². The summed E-state index contributed by atoms with van der Waals surface area (Å²) >= 11 is 6.46. The van der Waals surface area contributed by atoms with Gasteiger partial charge in [0, 0.05) is 64.0 Å². The number of terminal acetylenes is 1. The summed E-state index contributed by atoms with van der Waals surface area (Å²) in [4.78, 5) is 30.4. The predicted molar refractivity (Wildman–Crippen MR) is 247 cm³/mol. The molecule has 0 atom stereocenters. The van der Waals surface area contributed by atoms with Crippen molar-refractivity contribution in [2.75, 3.05) is 0 Å². The van der Waals surface area contributed by atoms with Gasteiger partial charge in [0.05, 0.1) is 6.54 Å². The van der Waals surface area contributed by atoms with Gasteiger partial charge in [-0.15, -0.1) is 30.4 Å². The molecule has 278 valence electrons. The van der Waals surface area contributed by atoms with Gasteiger partial charge in [0.25, 0.3) is 0 Å². The van der Waals surface area contributed by atoms with E-state index in [1.807, 2.05) is 134 Å². The molecule has 2 heterocycles. The number of fused-ring (bicyclic) bond motifs is 3. The lowest BCUT2D eigenvalue weighted by molar-refractivity contribution is 1.06. The number of aliphatic imine (C=N–C) groups is 3. The molecule has 0 aliphatic carbocycles. The molecule has 0 unspecified atom stereocenters. The number of benzene rings is 6. The number of rotatable bonds is 9. The highest BCUT2D eigenvalue weighted by atomic mass is 32.1. The standard InChI is InChI=1S/C50H36N6S2/c1-4-6-19-34(5-2)40-30-38(26-28-42(40)57)49-54-48(36-22-14-9-15-23-36)55-50(56-49)39-24-16-25-44-45(39)41-31-37(27-29-43(41)58-44)46(51-3)53-47(35-20-12-8-13-21-35)52-32-33-17-10-7-11-18-33/h2,4,6-31,57H,3,32H2,1H3/b6-4-,34-19+,52-47-,53-46-. The van der Waals surface area contributed by atoms with Gasteiger partial charge < -0.3 is 0 Å². The van der Waals surface area contributed by atoms with E-state index in [0.29, 0.717) is 41.3 Å². The number of nitrogens with zero attached hydrogens (tertiary/aromatic N) is 6. The number of thiophene rings is 1. The van der Waals surface area contributed by atoms with Gasteiger partial charge in [-0.05, 0) is 61.7 Å². The summed E-state index contributed by atoms with van der Waals surface area (Å²) in [5.41, 5.74) is 6.88. The predicted octanol–water partition coefficient (Wildman–Crippen LogP) is 12.2. The summed E-state index contributed by atoms with van der Waals surface area (Å²) in [6.45, 7) is 6.36. The van der Waals surface area contributed by atoms with Crippen LogP contribution in [0.3, 0.4) is 0 Å². The third kappa shape index (κ3) is 8.09. The fraction of sp³-hybridized carbons (Fsp3) is 0.0400. The van der Waals surface area contributed by atoms with Gasteiger partial charge in [0.1, 0.15) is 0 Å². The highest BCUT2D eigenvalue weighted by Gasteiger charge is 2.19.